The molecule has 2 aliphatic heterocycles. The van der Waals surface area contributed by atoms with Crippen molar-refractivity contribution in [2.75, 3.05) is 13.2 Å². The highest BCUT2D eigenvalue weighted by atomic mass is 19.4. The van der Waals surface area contributed by atoms with Crippen molar-refractivity contribution in [1.29, 1.82) is 0 Å². The number of alkyl halides is 3. The summed E-state index contributed by atoms with van der Waals surface area (Å²) in [6.07, 6.45) is -0.124. The summed E-state index contributed by atoms with van der Waals surface area (Å²) in [7, 11) is 0. The van der Waals surface area contributed by atoms with E-state index in [-0.39, 0.29) is 25.0 Å². The molecule has 10 heteroatoms. The molecule has 0 saturated carbocycles. The third-order valence-electron chi connectivity index (χ3n) is 7.55. The Labute approximate surface area is 211 Å². The Kier molecular flexibility index (Phi) is 5.86. The second-order valence-electron chi connectivity index (χ2n) is 9.86. The van der Waals surface area contributed by atoms with Gasteiger partial charge in [-0.2, -0.15) is 13.2 Å². The van der Waals surface area contributed by atoms with Crippen molar-refractivity contribution >= 4 is 5.97 Å². The van der Waals surface area contributed by atoms with E-state index in [0.717, 1.165) is 17.0 Å². The molecule has 0 saturated heterocycles. The lowest BCUT2D eigenvalue weighted by atomic mass is 9.96. The molecule has 0 amide bonds. The smallest absolute Gasteiger partial charge is 0.416 e. The minimum atomic E-state index is -4.44. The number of rotatable bonds is 6. The van der Waals surface area contributed by atoms with E-state index in [0.29, 0.717) is 61.7 Å². The zero-order chi connectivity index (χ0) is 25.7. The van der Waals surface area contributed by atoms with E-state index in [2.05, 4.69) is 4.98 Å². The summed E-state index contributed by atoms with van der Waals surface area (Å²) in [5, 5.41) is 9.11. The van der Waals surface area contributed by atoms with Crippen LogP contribution in [-0.4, -0.2) is 38.7 Å². The van der Waals surface area contributed by atoms with Crippen LogP contribution in [0, 0.1) is 0 Å². The minimum Gasteiger partial charge on any atom is -0.492 e. The number of halogens is 3. The first-order valence-electron chi connectivity index (χ1n) is 12.4. The topological polar surface area (TPSA) is 76.8 Å². The summed E-state index contributed by atoms with van der Waals surface area (Å²) in [6.45, 7) is 2.37. The van der Waals surface area contributed by atoms with E-state index in [4.69, 9.17) is 14.6 Å². The quantitative estimate of drug-likeness (QED) is 0.504. The third-order valence-corrected chi connectivity index (χ3v) is 7.55. The van der Waals surface area contributed by atoms with Crippen molar-refractivity contribution in [1.82, 2.24) is 14.5 Å². The number of ether oxygens (including phenoxy) is 2. The molecular weight excluding hydrogens is 487 g/mol. The van der Waals surface area contributed by atoms with Crippen molar-refractivity contribution in [2.24, 2.45) is 0 Å². The largest absolute Gasteiger partial charge is 0.492 e. The molecule has 2 atom stereocenters. The summed E-state index contributed by atoms with van der Waals surface area (Å²) in [4.78, 5) is 17.5. The molecule has 7 nitrogen and oxygen atoms in total. The van der Waals surface area contributed by atoms with Gasteiger partial charge >= 0.3 is 12.1 Å². The number of hydrogen-bond acceptors (Lipinski definition) is 5. The lowest BCUT2D eigenvalue weighted by Gasteiger charge is -2.29. The normalized spacial score (nSPS) is 20.7. The molecule has 3 aliphatic rings. The Morgan fingerprint density at radius 1 is 1.19 bits per heavy atom. The summed E-state index contributed by atoms with van der Waals surface area (Å²) in [5.41, 5.74) is 2.07. The van der Waals surface area contributed by atoms with E-state index in [1.54, 1.807) is 24.4 Å². The molecule has 6 rings (SSSR count). The highest BCUT2D eigenvalue weighted by molar-refractivity contribution is 5.68. The van der Waals surface area contributed by atoms with Gasteiger partial charge in [0.25, 0.3) is 0 Å². The van der Waals surface area contributed by atoms with Gasteiger partial charge in [-0.1, -0.05) is 12.1 Å². The first kappa shape index (κ1) is 23.8. The highest BCUT2D eigenvalue weighted by Crippen LogP contribution is 2.44. The van der Waals surface area contributed by atoms with E-state index in [1.807, 2.05) is 21.7 Å². The Morgan fingerprint density at radius 2 is 2.03 bits per heavy atom. The lowest BCUT2D eigenvalue weighted by molar-refractivity contribution is -0.139. The van der Waals surface area contributed by atoms with Gasteiger partial charge in [-0.15, -0.1) is 0 Å². The van der Waals surface area contributed by atoms with Gasteiger partial charge in [0.1, 0.15) is 23.4 Å². The van der Waals surface area contributed by atoms with Crippen LogP contribution in [-0.2, 0) is 37.0 Å². The number of aliphatic carboxylic acids is 1. The molecule has 0 radical (unpaired) electrons. The van der Waals surface area contributed by atoms with Crippen molar-refractivity contribution < 1.29 is 32.5 Å². The number of benzene rings is 2. The third kappa shape index (κ3) is 4.54. The number of carboxylic acid groups (broad SMARTS) is 1. The van der Waals surface area contributed by atoms with Crippen LogP contribution in [0.1, 0.15) is 58.5 Å². The van der Waals surface area contributed by atoms with Gasteiger partial charge in [-0.3, -0.25) is 9.69 Å². The number of fused-ring (bicyclic) bond motifs is 3. The first-order chi connectivity index (χ1) is 17.8. The number of aromatic nitrogens is 2. The molecule has 1 N–H and O–H groups in total. The molecule has 37 heavy (non-hydrogen) atoms. The molecule has 0 spiro atoms. The number of hydrogen-bond donors (Lipinski definition) is 1. The maximum atomic E-state index is 14.0. The fraction of sp³-hybridized carbons (Fsp3) is 0.407. The molecule has 3 aromatic rings. The van der Waals surface area contributed by atoms with Crippen LogP contribution in [0.15, 0.2) is 42.7 Å². The molecule has 0 bridgehead atoms. The van der Waals surface area contributed by atoms with E-state index in [9.17, 15) is 18.0 Å². The molecule has 2 aromatic carbocycles. The molecule has 1 aliphatic carbocycles. The predicted octanol–water partition coefficient (Wildman–Crippen LogP) is 4.93. The monoisotopic (exact) mass is 513 g/mol. The average Bonchev–Trinajstić information content (AvgIpc) is 3.57. The summed E-state index contributed by atoms with van der Waals surface area (Å²) >= 11 is 0. The van der Waals surface area contributed by atoms with Crippen LogP contribution in [0.5, 0.6) is 11.5 Å². The average molecular weight is 514 g/mol. The zero-order valence-electron chi connectivity index (χ0n) is 20.0. The maximum Gasteiger partial charge on any atom is 0.416 e. The number of carbonyl (C=O) groups is 1. The molecular formula is C27H26F3N3O4. The number of imidazole rings is 1. The molecule has 194 valence electrons. The molecule has 3 heterocycles. The highest BCUT2D eigenvalue weighted by Gasteiger charge is 2.38. The van der Waals surface area contributed by atoms with Gasteiger partial charge in [0, 0.05) is 49.6 Å². The van der Waals surface area contributed by atoms with Gasteiger partial charge in [0.05, 0.1) is 25.1 Å². The van der Waals surface area contributed by atoms with Gasteiger partial charge in [-0.05, 0) is 41.7 Å². The summed E-state index contributed by atoms with van der Waals surface area (Å²) in [6, 6.07) is 8.08. The van der Waals surface area contributed by atoms with Crippen molar-refractivity contribution in [3.8, 4) is 11.5 Å². The molecule has 0 fully saturated rings. The first-order valence-corrected chi connectivity index (χ1v) is 12.4. The Bertz CT molecular complexity index is 1350. The SMILES string of the molecule is O=C(O)CC1COc2cc(O[C@@H]3CCc4c3ccc(C(F)(F)F)c4CN3CCn4ccnc4C3)ccc21. The van der Waals surface area contributed by atoms with Crippen molar-refractivity contribution in [3.05, 3.63) is 76.4 Å². The van der Waals surface area contributed by atoms with Crippen molar-refractivity contribution in [3.63, 3.8) is 0 Å². The second kappa shape index (κ2) is 9.09. The van der Waals surface area contributed by atoms with Crippen LogP contribution >= 0.6 is 0 Å². The van der Waals surface area contributed by atoms with Crippen LogP contribution in [0.4, 0.5) is 13.2 Å². The van der Waals surface area contributed by atoms with E-state index >= 15 is 0 Å². The van der Waals surface area contributed by atoms with Crippen LogP contribution in [0.2, 0.25) is 0 Å². The van der Waals surface area contributed by atoms with E-state index in [1.165, 1.54) is 6.07 Å². The van der Waals surface area contributed by atoms with Gasteiger partial charge in [0.15, 0.2) is 0 Å². The fourth-order valence-corrected chi connectivity index (χ4v) is 5.76. The predicted molar refractivity (Wildman–Crippen MR) is 126 cm³/mol. The maximum absolute atomic E-state index is 14.0. The number of nitrogens with zero attached hydrogens (tertiary/aromatic N) is 3. The van der Waals surface area contributed by atoms with Crippen molar-refractivity contribution in [2.45, 2.75) is 57.1 Å². The number of carboxylic acids is 1. The van der Waals surface area contributed by atoms with Gasteiger partial charge < -0.3 is 19.1 Å². The van der Waals surface area contributed by atoms with E-state index < -0.39 is 17.7 Å². The Balaban J connectivity index is 1.25. The molecule has 1 aromatic heterocycles. The minimum absolute atomic E-state index is 0.00751. The van der Waals surface area contributed by atoms with Gasteiger partial charge in [0.2, 0.25) is 0 Å². The second-order valence-corrected chi connectivity index (χ2v) is 9.86. The van der Waals surface area contributed by atoms with Crippen LogP contribution < -0.4 is 9.47 Å². The lowest BCUT2D eigenvalue weighted by Crippen LogP contribution is -2.34. The Morgan fingerprint density at radius 3 is 2.84 bits per heavy atom. The summed E-state index contributed by atoms with van der Waals surface area (Å²) in [5.74, 6) is 0.923. The fourth-order valence-electron chi connectivity index (χ4n) is 5.76. The Hall–Kier alpha value is -3.53. The van der Waals surface area contributed by atoms with Crippen LogP contribution in [0.25, 0.3) is 0 Å². The standard InChI is InChI=1S/C27H26F3N3O4/c28-27(29,30)22-5-3-20-19(21(22)13-32-9-10-33-8-7-31-25(33)14-32)4-6-23(20)37-17-1-2-18-16(11-26(34)35)15-36-24(18)12-17/h1-3,5,7-8,12,16,23H,4,6,9-11,13-15H2,(H,34,35)/t16?,23-/m1/s1. The molecule has 1 unspecified atom stereocenters. The summed E-state index contributed by atoms with van der Waals surface area (Å²) < 4.78 is 56.0. The van der Waals surface area contributed by atoms with Crippen LogP contribution in [0.3, 0.4) is 0 Å². The van der Waals surface area contributed by atoms with Gasteiger partial charge in [-0.25, -0.2) is 4.98 Å². The zero-order valence-corrected chi connectivity index (χ0v) is 20.0.